The summed E-state index contributed by atoms with van der Waals surface area (Å²) in [5.74, 6) is -1.38. The Balaban J connectivity index is 2.01. The lowest BCUT2D eigenvalue weighted by atomic mass is 10.1. The molecule has 0 aliphatic carbocycles. The van der Waals surface area contributed by atoms with Gasteiger partial charge in [0, 0.05) is 5.02 Å². The van der Waals surface area contributed by atoms with Crippen molar-refractivity contribution in [2.24, 2.45) is 0 Å². The number of urea groups is 1. The molecule has 1 fully saturated rings. The third-order valence-corrected chi connectivity index (χ3v) is 3.79. The minimum atomic E-state index is -0.784. The maximum absolute atomic E-state index is 12.7. The van der Waals surface area contributed by atoms with Crippen LogP contribution in [0.15, 0.2) is 54.1 Å². The van der Waals surface area contributed by atoms with Gasteiger partial charge in [0.15, 0.2) is 0 Å². The van der Waals surface area contributed by atoms with Crippen LogP contribution < -0.4 is 10.2 Å². The Morgan fingerprint density at radius 2 is 1.75 bits per heavy atom. The summed E-state index contributed by atoms with van der Waals surface area (Å²) in [5, 5.41) is 2.67. The number of halogens is 1. The highest BCUT2D eigenvalue weighted by Crippen LogP contribution is 2.23. The molecular formula is C18H13ClN2O3. The van der Waals surface area contributed by atoms with E-state index >= 15 is 0 Å². The number of imide groups is 2. The molecule has 0 unspecified atom stereocenters. The van der Waals surface area contributed by atoms with Crippen LogP contribution in [0.4, 0.5) is 10.5 Å². The Bertz CT molecular complexity index is 872. The molecule has 0 saturated carbocycles. The largest absolute Gasteiger partial charge is 0.335 e. The first kappa shape index (κ1) is 16.0. The van der Waals surface area contributed by atoms with Gasteiger partial charge in [-0.25, -0.2) is 9.69 Å². The zero-order valence-corrected chi connectivity index (χ0v) is 13.5. The number of benzene rings is 2. The van der Waals surface area contributed by atoms with Crippen LogP contribution in [0.5, 0.6) is 0 Å². The first-order chi connectivity index (χ1) is 11.5. The number of rotatable bonds is 2. The van der Waals surface area contributed by atoms with Gasteiger partial charge in [-0.15, -0.1) is 0 Å². The minimum Gasteiger partial charge on any atom is -0.273 e. The highest BCUT2D eigenvalue weighted by atomic mass is 35.5. The fourth-order valence-electron chi connectivity index (χ4n) is 2.41. The van der Waals surface area contributed by atoms with Gasteiger partial charge in [-0.2, -0.15) is 0 Å². The molecule has 1 aliphatic rings. The summed E-state index contributed by atoms with van der Waals surface area (Å²) >= 11 is 5.83. The standard InChI is InChI=1S/C18H13ClN2O3/c1-11-3-2-4-12(9-11)10-15-16(22)20-18(24)21(17(15)23)14-7-5-13(19)6-8-14/h2-10H,1H3,(H,20,22,24)/b15-10-. The average molecular weight is 341 g/mol. The van der Waals surface area contributed by atoms with Crippen LogP contribution in [-0.4, -0.2) is 17.8 Å². The van der Waals surface area contributed by atoms with Crippen molar-refractivity contribution in [2.45, 2.75) is 6.92 Å². The molecule has 2 aromatic rings. The molecule has 1 heterocycles. The van der Waals surface area contributed by atoms with Crippen LogP contribution in [0.3, 0.4) is 0 Å². The van der Waals surface area contributed by atoms with Gasteiger partial charge in [0.25, 0.3) is 11.8 Å². The van der Waals surface area contributed by atoms with Gasteiger partial charge < -0.3 is 0 Å². The summed E-state index contributed by atoms with van der Waals surface area (Å²) in [6.07, 6.45) is 1.47. The molecule has 0 radical (unpaired) electrons. The lowest BCUT2D eigenvalue weighted by molar-refractivity contribution is -0.122. The Labute approximate surface area is 143 Å². The Kier molecular flexibility index (Phi) is 4.18. The SMILES string of the molecule is Cc1cccc(/C=C2/C(=O)NC(=O)N(c3ccc(Cl)cc3)C2=O)c1. The number of barbiturate groups is 1. The van der Waals surface area contributed by atoms with Crippen molar-refractivity contribution in [1.82, 2.24) is 5.32 Å². The van der Waals surface area contributed by atoms with E-state index in [4.69, 9.17) is 11.6 Å². The van der Waals surface area contributed by atoms with Crippen molar-refractivity contribution in [3.8, 4) is 0 Å². The topological polar surface area (TPSA) is 66.5 Å². The zero-order chi connectivity index (χ0) is 17.3. The summed E-state index contributed by atoms with van der Waals surface area (Å²) in [5.41, 5.74) is 1.94. The van der Waals surface area contributed by atoms with Crippen molar-refractivity contribution in [3.05, 3.63) is 70.3 Å². The van der Waals surface area contributed by atoms with E-state index in [2.05, 4.69) is 5.32 Å². The van der Waals surface area contributed by atoms with E-state index in [-0.39, 0.29) is 5.57 Å². The fraction of sp³-hybridized carbons (Fsp3) is 0.0556. The number of carbonyl (C=O) groups is 3. The third kappa shape index (κ3) is 3.07. The van der Waals surface area contributed by atoms with E-state index in [1.807, 2.05) is 25.1 Å². The van der Waals surface area contributed by atoms with E-state index in [9.17, 15) is 14.4 Å². The van der Waals surface area contributed by atoms with Crippen molar-refractivity contribution in [2.75, 3.05) is 4.90 Å². The Morgan fingerprint density at radius 1 is 1.04 bits per heavy atom. The van der Waals surface area contributed by atoms with Crippen molar-refractivity contribution in [3.63, 3.8) is 0 Å². The number of carbonyl (C=O) groups excluding carboxylic acids is 3. The summed E-state index contributed by atoms with van der Waals surface area (Å²) in [4.78, 5) is 37.7. The Morgan fingerprint density at radius 3 is 2.42 bits per heavy atom. The van der Waals surface area contributed by atoms with E-state index in [1.54, 1.807) is 30.3 Å². The molecule has 6 heteroatoms. The van der Waals surface area contributed by atoms with Gasteiger partial charge in [0.1, 0.15) is 5.57 Å². The number of hydrogen-bond acceptors (Lipinski definition) is 3. The molecule has 0 atom stereocenters. The molecule has 0 spiro atoms. The zero-order valence-electron chi connectivity index (χ0n) is 12.7. The van der Waals surface area contributed by atoms with Crippen LogP contribution in [0, 0.1) is 6.92 Å². The van der Waals surface area contributed by atoms with Gasteiger partial charge in [-0.3, -0.25) is 14.9 Å². The second-order valence-corrected chi connectivity index (χ2v) is 5.78. The molecule has 1 aliphatic heterocycles. The third-order valence-electron chi connectivity index (χ3n) is 3.54. The normalized spacial score (nSPS) is 16.5. The molecule has 5 nitrogen and oxygen atoms in total. The van der Waals surface area contributed by atoms with E-state index < -0.39 is 17.8 Å². The fourth-order valence-corrected chi connectivity index (χ4v) is 2.53. The summed E-state index contributed by atoms with van der Waals surface area (Å²) < 4.78 is 0. The van der Waals surface area contributed by atoms with Gasteiger partial charge >= 0.3 is 6.03 Å². The molecule has 1 saturated heterocycles. The summed E-state index contributed by atoms with van der Waals surface area (Å²) in [6.45, 7) is 1.91. The van der Waals surface area contributed by atoms with Crippen LogP contribution in [-0.2, 0) is 9.59 Å². The highest BCUT2D eigenvalue weighted by Gasteiger charge is 2.36. The highest BCUT2D eigenvalue weighted by molar-refractivity contribution is 6.39. The second-order valence-electron chi connectivity index (χ2n) is 5.35. The van der Waals surface area contributed by atoms with Gasteiger partial charge in [0.2, 0.25) is 0 Å². The molecule has 120 valence electrons. The van der Waals surface area contributed by atoms with Gasteiger partial charge in [0.05, 0.1) is 5.69 Å². The first-order valence-corrected chi connectivity index (χ1v) is 7.57. The number of anilines is 1. The molecule has 4 amide bonds. The van der Waals surface area contributed by atoms with Crippen LogP contribution in [0.2, 0.25) is 5.02 Å². The number of aryl methyl sites for hydroxylation is 1. The van der Waals surface area contributed by atoms with Crippen LogP contribution >= 0.6 is 11.6 Å². The Hall–Kier alpha value is -2.92. The molecular weight excluding hydrogens is 328 g/mol. The van der Waals surface area contributed by atoms with E-state index in [0.29, 0.717) is 16.3 Å². The monoisotopic (exact) mass is 340 g/mol. The summed E-state index contributed by atoms with van der Waals surface area (Å²) in [7, 11) is 0. The van der Waals surface area contributed by atoms with E-state index in [1.165, 1.54) is 6.08 Å². The predicted molar refractivity (Wildman–Crippen MR) is 91.6 cm³/mol. The first-order valence-electron chi connectivity index (χ1n) is 7.19. The molecule has 2 aromatic carbocycles. The minimum absolute atomic E-state index is 0.102. The number of hydrogen-bond donors (Lipinski definition) is 1. The lowest BCUT2D eigenvalue weighted by Gasteiger charge is -2.26. The van der Waals surface area contributed by atoms with E-state index in [0.717, 1.165) is 10.5 Å². The van der Waals surface area contributed by atoms with Crippen molar-refractivity contribution in [1.29, 1.82) is 0 Å². The number of nitrogens with one attached hydrogen (secondary N) is 1. The number of amides is 4. The van der Waals surface area contributed by atoms with Crippen LogP contribution in [0.1, 0.15) is 11.1 Å². The molecule has 0 bridgehead atoms. The predicted octanol–water partition coefficient (Wildman–Crippen LogP) is 3.31. The average Bonchev–Trinajstić information content (AvgIpc) is 2.53. The van der Waals surface area contributed by atoms with Gasteiger partial charge in [-0.1, -0.05) is 41.4 Å². The van der Waals surface area contributed by atoms with Crippen molar-refractivity contribution < 1.29 is 14.4 Å². The maximum atomic E-state index is 12.7. The smallest absolute Gasteiger partial charge is 0.273 e. The molecule has 3 rings (SSSR count). The molecule has 24 heavy (non-hydrogen) atoms. The molecule has 1 N–H and O–H groups in total. The lowest BCUT2D eigenvalue weighted by Crippen LogP contribution is -2.54. The van der Waals surface area contributed by atoms with Crippen molar-refractivity contribution >= 4 is 41.2 Å². The van der Waals surface area contributed by atoms with Gasteiger partial charge in [-0.05, 0) is 42.8 Å². The van der Waals surface area contributed by atoms with Crippen LogP contribution in [0.25, 0.3) is 6.08 Å². The molecule has 0 aromatic heterocycles. The maximum Gasteiger partial charge on any atom is 0.335 e. The number of nitrogens with zero attached hydrogens (tertiary/aromatic N) is 1. The second kappa shape index (κ2) is 6.29. The quantitative estimate of drug-likeness (QED) is 0.673. The summed E-state index contributed by atoms with van der Waals surface area (Å²) in [6, 6.07) is 12.8.